The second-order valence-electron chi connectivity index (χ2n) is 6.61. The highest BCUT2D eigenvalue weighted by atomic mass is 19.1. The molecule has 2 heterocycles. The number of carbonyl (C=O) groups is 1. The summed E-state index contributed by atoms with van der Waals surface area (Å²) in [5.41, 5.74) is 4.29. The number of rotatable bonds is 5. The van der Waals surface area contributed by atoms with E-state index in [1.54, 1.807) is 36.3 Å². The number of benzene rings is 2. The van der Waals surface area contributed by atoms with E-state index in [1.807, 2.05) is 42.5 Å². The number of nitrogens with zero attached hydrogens (tertiary/aromatic N) is 3. The number of aromatic nitrogens is 3. The second kappa shape index (κ2) is 8.06. The predicted molar refractivity (Wildman–Crippen MR) is 109 cm³/mol. The van der Waals surface area contributed by atoms with Gasteiger partial charge in [0.15, 0.2) is 0 Å². The van der Waals surface area contributed by atoms with E-state index in [-0.39, 0.29) is 11.7 Å². The Bertz CT molecular complexity index is 1120. The molecule has 0 spiro atoms. The van der Waals surface area contributed by atoms with Crippen LogP contribution in [0.4, 0.5) is 4.39 Å². The van der Waals surface area contributed by atoms with Crippen molar-refractivity contribution in [1.29, 1.82) is 0 Å². The van der Waals surface area contributed by atoms with Crippen LogP contribution in [-0.2, 0) is 13.6 Å². The normalized spacial score (nSPS) is 10.7. The summed E-state index contributed by atoms with van der Waals surface area (Å²) in [6.45, 7) is 0.409. The van der Waals surface area contributed by atoms with Crippen molar-refractivity contribution in [2.24, 2.45) is 7.05 Å². The Hall–Kier alpha value is -3.80. The molecular weight excluding hydrogens is 367 g/mol. The molecule has 6 heteroatoms. The molecule has 0 radical (unpaired) electrons. The minimum atomic E-state index is -0.323. The predicted octanol–water partition coefficient (Wildman–Crippen LogP) is 4.22. The van der Waals surface area contributed by atoms with Crippen molar-refractivity contribution in [2.75, 3.05) is 0 Å². The van der Waals surface area contributed by atoms with Crippen LogP contribution in [0.2, 0.25) is 0 Å². The van der Waals surface area contributed by atoms with Crippen LogP contribution in [0.15, 0.2) is 79.1 Å². The van der Waals surface area contributed by atoms with Gasteiger partial charge >= 0.3 is 0 Å². The summed E-state index contributed by atoms with van der Waals surface area (Å²) in [7, 11) is 1.73. The zero-order valence-electron chi connectivity index (χ0n) is 15.8. The fourth-order valence-electron chi connectivity index (χ4n) is 3.25. The van der Waals surface area contributed by atoms with Crippen LogP contribution >= 0.6 is 0 Å². The van der Waals surface area contributed by atoms with E-state index in [0.29, 0.717) is 23.5 Å². The van der Waals surface area contributed by atoms with Crippen molar-refractivity contribution in [2.45, 2.75) is 6.54 Å². The van der Waals surface area contributed by atoms with Crippen LogP contribution in [-0.4, -0.2) is 20.7 Å². The Morgan fingerprint density at radius 3 is 2.34 bits per heavy atom. The third-order valence-electron chi connectivity index (χ3n) is 4.64. The zero-order valence-corrected chi connectivity index (χ0v) is 15.8. The molecule has 1 N–H and O–H groups in total. The van der Waals surface area contributed by atoms with Gasteiger partial charge in [0.25, 0.3) is 5.91 Å². The molecule has 0 saturated heterocycles. The number of amides is 1. The number of carbonyl (C=O) groups excluding carboxylic acids is 1. The molecule has 0 bridgehead atoms. The van der Waals surface area contributed by atoms with E-state index >= 15 is 0 Å². The van der Waals surface area contributed by atoms with Crippen molar-refractivity contribution >= 4 is 5.91 Å². The second-order valence-corrected chi connectivity index (χ2v) is 6.61. The molecule has 4 rings (SSSR count). The number of hydrogen-bond donors (Lipinski definition) is 1. The van der Waals surface area contributed by atoms with E-state index in [2.05, 4.69) is 15.4 Å². The summed E-state index contributed by atoms with van der Waals surface area (Å²) in [5.74, 6) is -0.556. The Labute approximate surface area is 167 Å². The summed E-state index contributed by atoms with van der Waals surface area (Å²) in [6, 6.07) is 19.5. The molecule has 144 valence electrons. The first kappa shape index (κ1) is 18.6. The first-order valence-corrected chi connectivity index (χ1v) is 9.19. The zero-order chi connectivity index (χ0) is 20.2. The lowest BCUT2D eigenvalue weighted by Gasteiger charge is -2.09. The number of nitrogens with one attached hydrogen (secondary N) is 1. The minimum Gasteiger partial charge on any atom is -0.347 e. The Morgan fingerprint density at radius 2 is 1.66 bits per heavy atom. The standard InChI is InChI=1S/C23H19FN4O/c1-28-22(23(29)26-15-16-5-3-2-4-6-16)20(17-11-13-25-14-12-17)21(27-28)18-7-9-19(24)10-8-18/h2-14H,15H2,1H3,(H,26,29). The maximum absolute atomic E-state index is 13.4. The monoisotopic (exact) mass is 386 g/mol. The highest BCUT2D eigenvalue weighted by Crippen LogP contribution is 2.34. The lowest BCUT2D eigenvalue weighted by molar-refractivity contribution is 0.0942. The van der Waals surface area contributed by atoms with Gasteiger partial charge in [-0.2, -0.15) is 5.10 Å². The molecule has 2 aromatic heterocycles. The van der Waals surface area contributed by atoms with Crippen LogP contribution in [0.25, 0.3) is 22.4 Å². The molecule has 5 nitrogen and oxygen atoms in total. The Kier molecular flexibility index (Phi) is 5.16. The van der Waals surface area contributed by atoms with E-state index < -0.39 is 0 Å². The van der Waals surface area contributed by atoms with Gasteiger partial charge in [-0.15, -0.1) is 0 Å². The molecule has 0 atom stereocenters. The topological polar surface area (TPSA) is 59.8 Å². The van der Waals surface area contributed by atoms with Gasteiger partial charge in [0.05, 0.1) is 0 Å². The van der Waals surface area contributed by atoms with E-state index in [4.69, 9.17) is 0 Å². The lowest BCUT2D eigenvalue weighted by atomic mass is 9.99. The minimum absolute atomic E-state index is 0.232. The Balaban J connectivity index is 1.77. The molecule has 2 aromatic carbocycles. The maximum Gasteiger partial charge on any atom is 0.270 e. The quantitative estimate of drug-likeness (QED) is 0.559. The van der Waals surface area contributed by atoms with Crippen LogP contribution < -0.4 is 5.32 Å². The SMILES string of the molecule is Cn1nc(-c2ccc(F)cc2)c(-c2ccncc2)c1C(=O)NCc1ccccc1. The molecule has 0 aliphatic rings. The van der Waals surface area contributed by atoms with Crippen molar-refractivity contribution in [3.8, 4) is 22.4 Å². The van der Waals surface area contributed by atoms with Gasteiger partial charge in [-0.25, -0.2) is 4.39 Å². The average Bonchev–Trinajstić information content (AvgIpc) is 3.11. The van der Waals surface area contributed by atoms with Crippen LogP contribution in [0.3, 0.4) is 0 Å². The van der Waals surface area contributed by atoms with Gasteiger partial charge in [-0.3, -0.25) is 14.5 Å². The number of pyridine rings is 1. The van der Waals surface area contributed by atoms with E-state index in [1.165, 1.54) is 12.1 Å². The summed E-state index contributed by atoms with van der Waals surface area (Å²) in [6.07, 6.45) is 3.34. The molecule has 0 saturated carbocycles. The first-order chi connectivity index (χ1) is 14.1. The summed E-state index contributed by atoms with van der Waals surface area (Å²) < 4.78 is 15.0. The average molecular weight is 386 g/mol. The fraction of sp³-hybridized carbons (Fsp3) is 0.0870. The third-order valence-corrected chi connectivity index (χ3v) is 4.64. The van der Waals surface area contributed by atoms with Gasteiger partial charge in [0.2, 0.25) is 0 Å². The van der Waals surface area contributed by atoms with Crippen molar-refractivity contribution in [3.05, 3.63) is 96.2 Å². The number of aryl methyl sites for hydroxylation is 1. The molecule has 29 heavy (non-hydrogen) atoms. The van der Waals surface area contributed by atoms with Crippen molar-refractivity contribution in [3.63, 3.8) is 0 Å². The largest absolute Gasteiger partial charge is 0.347 e. The fourth-order valence-corrected chi connectivity index (χ4v) is 3.25. The summed E-state index contributed by atoms with van der Waals surface area (Å²) in [5, 5.41) is 7.54. The third kappa shape index (κ3) is 3.91. The van der Waals surface area contributed by atoms with Gasteiger partial charge < -0.3 is 5.32 Å². The number of hydrogen-bond acceptors (Lipinski definition) is 3. The smallest absolute Gasteiger partial charge is 0.270 e. The highest BCUT2D eigenvalue weighted by Gasteiger charge is 2.24. The van der Waals surface area contributed by atoms with Crippen molar-refractivity contribution in [1.82, 2.24) is 20.1 Å². The molecule has 4 aromatic rings. The van der Waals surface area contributed by atoms with Gasteiger partial charge in [-0.05, 0) is 47.5 Å². The van der Waals surface area contributed by atoms with Crippen LogP contribution in [0.1, 0.15) is 16.1 Å². The van der Waals surface area contributed by atoms with E-state index in [0.717, 1.165) is 16.7 Å². The molecule has 0 fully saturated rings. The molecule has 1 amide bonds. The van der Waals surface area contributed by atoms with Gasteiger partial charge in [-0.1, -0.05) is 30.3 Å². The van der Waals surface area contributed by atoms with Gasteiger partial charge in [0, 0.05) is 37.1 Å². The lowest BCUT2D eigenvalue weighted by Crippen LogP contribution is -2.25. The maximum atomic E-state index is 13.4. The van der Waals surface area contributed by atoms with E-state index in [9.17, 15) is 9.18 Å². The molecule has 0 aliphatic heterocycles. The Morgan fingerprint density at radius 1 is 0.966 bits per heavy atom. The van der Waals surface area contributed by atoms with Crippen LogP contribution in [0, 0.1) is 5.82 Å². The van der Waals surface area contributed by atoms with Crippen LogP contribution in [0.5, 0.6) is 0 Å². The van der Waals surface area contributed by atoms with Crippen molar-refractivity contribution < 1.29 is 9.18 Å². The number of halogens is 1. The molecule has 0 aliphatic carbocycles. The highest BCUT2D eigenvalue weighted by molar-refractivity contribution is 6.03. The molecular formula is C23H19FN4O. The first-order valence-electron chi connectivity index (χ1n) is 9.19. The summed E-state index contributed by atoms with van der Waals surface area (Å²) in [4.78, 5) is 17.1. The van der Waals surface area contributed by atoms with Gasteiger partial charge in [0.1, 0.15) is 17.2 Å². The molecule has 0 unspecified atom stereocenters. The summed E-state index contributed by atoms with van der Waals surface area (Å²) >= 11 is 0.